The van der Waals surface area contributed by atoms with Crippen LogP contribution in [0.5, 0.6) is 0 Å². The number of carbonyl (C=O) groups excluding carboxylic acids is 1. The lowest BCUT2D eigenvalue weighted by Gasteiger charge is -2.31. The van der Waals surface area contributed by atoms with Gasteiger partial charge in [0.15, 0.2) is 0 Å². The van der Waals surface area contributed by atoms with Crippen LogP contribution in [-0.4, -0.2) is 40.6 Å². The Kier molecular flexibility index (Phi) is 4.60. The zero-order chi connectivity index (χ0) is 14.7. The predicted octanol–water partition coefficient (Wildman–Crippen LogP) is 1.63. The minimum Gasteiger partial charge on any atom is -0.396 e. The van der Waals surface area contributed by atoms with Crippen LogP contribution >= 0.6 is 0 Å². The number of aliphatic hydroxyl groups excluding tert-OH is 1. The van der Waals surface area contributed by atoms with Gasteiger partial charge in [0, 0.05) is 31.0 Å². The molecule has 1 fully saturated rings. The van der Waals surface area contributed by atoms with Gasteiger partial charge in [0.25, 0.3) is 5.91 Å². The maximum atomic E-state index is 12.5. The Balaban J connectivity index is 2.13. The number of hydrogen-bond donors (Lipinski definition) is 2. The number of hydrogen-bond acceptors (Lipinski definition) is 4. The van der Waals surface area contributed by atoms with Crippen LogP contribution < -0.4 is 5.73 Å². The molecule has 20 heavy (non-hydrogen) atoms. The molecule has 0 unspecified atom stereocenters. The number of rotatable bonds is 3. The van der Waals surface area contributed by atoms with Crippen LogP contribution in [0.2, 0.25) is 0 Å². The number of nitrogen functional groups attached to an aromatic ring is 1. The van der Waals surface area contributed by atoms with E-state index in [-0.39, 0.29) is 18.4 Å². The third kappa shape index (κ3) is 3.28. The smallest absolute Gasteiger partial charge is 0.254 e. The molecule has 1 aromatic heterocycles. The Morgan fingerprint density at radius 2 is 2.10 bits per heavy atom. The van der Waals surface area contributed by atoms with Gasteiger partial charge in [-0.15, -0.1) is 0 Å². The van der Waals surface area contributed by atoms with Crippen molar-refractivity contribution < 1.29 is 9.90 Å². The number of aliphatic hydroxyl groups is 1. The molecule has 0 bridgehead atoms. The number of nitrogens with zero attached hydrogens (tertiary/aromatic N) is 2. The van der Waals surface area contributed by atoms with E-state index in [4.69, 9.17) is 10.8 Å². The number of anilines is 1. The normalized spacial score (nSPS) is 16.7. The van der Waals surface area contributed by atoms with E-state index in [9.17, 15) is 4.79 Å². The lowest BCUT2D eigenvalue weighted by molar-refractivity contribution is 0.0650. The van der Waals surface area contributed by atoms with E-state index in [1.54, 1.807) is 6.07 Å². The minimum atomic E-state index is 0.0115. The summed E-state index contributed by atoms with van der Waals surface area (Å²) in [5, 5.41) is 9.14. The summed E-state index contributed by atoms with van der Waals surface area (Å²) in [5.74, 6) is 0.972. The van der Waals surface area contributed by atoms with E-state index >= 15 is 0 Å². The zero-order valence-electron chi connectivity index (χ0n) is 12.2. The van der Waals surface area contributed by atoms with Gasteiger partial charge in [-0.25, -0.2) is 4.98 Å². The third-order valence-corrected chi connectivity index (χ3v) is 3.86. The Bertz CT molecular complexity index is 480. The maximum Gasteiger partial charge on any atom is 0.254 e. The Morgan fingerprint density at radius 1 is 1.45 bits per heavy atom. The summed E-state index contributed by atoms with van der Waals surface area (Å²) in [4.78, 5) is 18.6. The molecular weight excluding hydrogens is 254 g/mol. The molecular formula is C15H23N3O2. The molecule has 1 amide bonds. The van der Waals surface area contributed by atoms with Gasteiger partial charge in [-0.1, -0.05) is 13.8 Å². The molecule has 0 spiro atoms. The topological polar surface area (TPSA) is 79.5 Å². The molecule has 1 aliphatic heterocycles. The van der Waals surface area contributed by atoms with Gasteiger partial charge >= 0.3 is 0 Å². The molecule has 1 aliphatic rings. The predicted molar refractivity (Wildman–Crippen MR) is 78.5 cm³/mol. The van der Waals surface area contributed by atoms with Crippen molar-refractivity contribution >= 4 is 11.7 Å². The molecule has 0 saturated carbocycles. The molecule has 0 radical (unpaired) electrons. The van der Waals surface area contributed by atoms with Crippen LogP contribution in [0.15, 0.2) is 12.1 Å². The Morgan fingerprint density at radius 3 is 2.65 bits per heavy atom. The zero-order valence-corrected chi connectivity index (χ0v) is 12.2. The quantitative estimate of drug-likeness (QED) is 0.880. The van der Waals surface area contributed by atoms with Crippen molar-refractivity contribution in [3.8, 4) is 0 Å². The number of carbonyl (C=O) groups is 1. The van der Waals surface area contributed by atoms with Crippen LogP contribution in [0.25, 0.3) is 0 Å². The fourth-order valence-electron chi connectivity index (χ4n) is 2.49. The molecule has 3 N–H and O–H groups in total. The van der Waals surface area contributed by atoms with E-state index in [0.717, 1.165) is 18.5 Å². The summed E-state index contributed by atoms with van der Waals surface area (Å²) in [5.41, 5.74) is 7.25. The highest BCUT2D eigenvalue weighted by Crippen LogP contribution is 2.21. The highest BCUT2D eigenvalue weighted by Gasteiger charge is 2.23. The summed E-state index contributed by atoms with van der Waals surface area (Å²) in [6, 6.07) is 3.48. The average Bonchev–Trinajstić information content (AvgIpc) is 2.46. The van der Waals surface area contributed by atoms with Gasteiger partial charge in [-0.3, -0.25) is 4.79 Å². The second-order valence-corrected chi connectivity index (χ2v) is 5.78. The Hall–Kier alpha value is -1.62. The molecule has 0 aromatic carbocycles. The lowest BCUT2D eigenvalue weighted by Crippen LogP contribution is -2.39. The lowest BCUT2D eigenvalue weighted by atomic mass is 9.97. The van der Waals surface area contributed by atoms with Gasteiger partial charge < -0.3 is 15.7 Å². The molecule has 0 atom stereocenters. The van der Waals surface area contributed by atoms with Gasteiger partial charge in [-0.2, -0.15) is 0 Å². The number of pyridine rings is 1. The summed E-state index contributed by atoms with van der Waals surface area (Å²) in [6.07, 6.45) is 1.72. The standard InChI is InChI=1S/C15H23N3O2/c1-10(2)13-7-12(8-14(16)17-13)15(20)18-5-3-11(9-19)4-6-18/h7-8,10-11,19H,3-6,9H2,1-2H3,(H2,16,17). The first-order valence-corrected chi connectivity index (χ1v) is 7.19. The van der Waals surface area contributed by atoms with Crippen molar-refractivity contribution in [2.45, 2.75) is 32.6 Å². The summed E-state index contributed by atoms with van der Waals surface area (Å²) in [7, 11) is 0. The summed E-state index contributed by atoms with van der Waals surface area (Å²) in [6.45, 7) is 5.67. The van der Waals surface area contributed by atoms with Crippen molar-refractivity contribution in [1.82, 2.24) is 9.88 Å². The van der Waals surface area contributed by atoms with E-state index in [1.807, 2.05) is 24.8 Å². The van der Waals surface area contributed by atoms with Crippen molar-refractivity contribution in [1.29, 1.82) is 0 Å². The second-order valence-electron chi connectivity index (χ2n) is 5.78. The SMILES string of the molecule is CC(C)c1cc(C(=O)N2CCC(CO)CC2)cc(N)n1. The minimum absolute atomic E-state index is 0.0115. The van der Waals surface area contributed by atoms with Crippen LogP contribution in [0.3, 0.4) is 0 Å². The van der Waals surface area contributed by atoms with Gasteiger partial charge in [-0.05, 0) is 36.8 Å². The summed E-state index contributed by atoms with van der Waals surface area (Å²) >= 11 is 0. The molecule has 2 heterocycles. The van der Waals surface area contributed by atoms with Crippen molar-refractivity contribution in [3.05, 3.63) is 23.4 Å². The fraction of sp³-hybridized carbons (Fsp3) is 0.600. The van der Waals surface area contributed by atoms with Gasteiger partial charge in [0.2, 0.25) is 0 Å². The first-order valence-electron chi connectivity index (χ1n) is 7.19. The van der Waals surface area contributed by atoms with Gasteiger partial charge in [0.1, 0.15) is 5.82 Å². The van der Waals surface area contributed by atoms with E-state index in [2.05, 4.69) is 4.98 Å². The highest BCUT2D eigenvalue weighted by atomic mass is 16.3. The summed E-state index contributed by atoms with van der Waals surface area (Å²) < 4.78 is 0. The monoisotopic (exact) mass is 277 g/mol. The van der Waals surface area contributed by atoms with E-state index < -0.39 is 0 Å². The van der Waals surface area contributed by atoms with Crippen molar-refractivity contribution in [3.63, 3.8) is 0 Å². The van der Waals surface area contributed by atoms with E-state index in [1.165, 1.54) is 0 Å². The molecule has 1 saturated heterocycles. The number of nitrogens with two attached hydrogens (primary N) is 1. The highest BCUT2D eigenvalue weighted by molar-refractivity contribution is 5.95. The molecule has 0 aliphatic carbocycles. The fourth-order valence-corrected chi connectivity index (χ4v) is 2.49. The number of amides is 1. The largest absolute Gasteiger partial charge is 0.396 e. The molecule has 5 heteroatoms. The maximum absolute atomic E-state index is 12.5. The second kappa shape index (κ2) is 6.22. The van der Waals surface area contributed by atoms with Crippen LogP contribution in [0, 0.1) is 5.92 Å². The first-order chi connectivity index (χ1) is 9.51. The average molecular weight is 277 g/mol. The number of likely N-dealkylation sites (tertiary alicyclic amines) is 1. The first kappa shape index (κ1) is 14.8. The van der Waals surface area contributed by atoms with Crippen molar-refractivity contribution in [2.75, 3.05) is 25.4 Å². The number of piperidine rings is 1. The number of aromatic nitrogens is 1. The Labute approximate surface area is 119 Å². The van der Waals surface area contributed by atoms with Crippen LogP contribution in [0.1, 0.15) is 48.7 Å². The third-order valence-electron chi connectivity index (χ3n) is 3.86. The molecule has 1 aromatic rings. The molecule has 110 valence electrons. The molecule has 2 rings (SSSR count). The molecule has 5 nitrogen and oxygen atoms in total. The van der Waals surface area contributed by atoms with E-state index in [0.29, 0.717) is 30.4 Å². The van der Waals surface area contributed by atoms with Crippen molar-refractivity contribution in [2.24, 2.45) is 5.92 Å². The van der Waals surface area contributed by atoms with Gasteiger partial charge in [0.05, 0.1) is 0 Å². The van der Waals surface area contributed by atoms with Crippen LogP contribution in [0.4, 0.5) is 5.82 Å². The van der Waals surface area contributed by atoms with Crippen LogP contribution in [-0.2, 0) is 0 Å².